The van der Waals surface area contributed by atoms with Crippen LogP contribution in [0.15, 0.2) is 24.5 Å². The van der Waals surface area contributed by atoms with Crippen LogP contribution in [0.2, 0.25) is 0 Å². The van der Waals surface area contributed by atoms with E-state index in [2.05, 4.69) is 17.3 Å². The van der Waals surface area contributed by atoms with Crippen molar-refractivity contribution in [2.24, 2.45) is 11.7 Å². The van der Waals surface area contributed by atoms with Crippen LogP contribution in [0.3, 0.4) is 0 Å². The quantitative estimate of drug-likeness (QED) is 0.810. The molecule has 2 aromatic heterocycles. The molecule has 3 rings (SSSR count). The molecule has 1 fully saturated rings. The van der Waals surface area contributed by atoms with Gasteiger partial charge in [0.05, 0.1) is 23.0 Å². The lowest BCUT2D eigenvalue weighted by Crippen LogP contribution is -2.45. The third kappa shape index (κ3) is 2.61. The first-order valence-corrected chi connectivity index (χ1v) is 7.08. The summed E-state index contributed by atoms with van der Waals surface area (Å²) in [5.41, 5.74) is 7.45. The van der Waals surface area contributed by atoms with Gasteiger partial charge in [-0.1, -0.05) is 6.92 Å². The summed E-state index contributed by atoms with van der Waals surface area (Å²) < 4.78 is 1.72. The Bertz CT molecular complexity index is 670. The molecule has 6 nitrogen and oxygen atoms in total. The summed E-state index contributed by atoms with van der Waals surface area (Å²) in [6, 6.07) is 3.97. The number of primary amides is 1. The summed E-state index contributed by atoms with van der Waals surface area (Å²) in [4.78, 5) is 13.5. The van der Waals surface area contributed by atoms with Gasteiger partial charge in [0.15, 0.2) is 7.98 Å². The highest BCUT2D eigenvalue weighted by Crippen LogP contribution is 2.26. The van der Waals surface area contributed by atoms with Crippen molar-refractivity contribution in [3.05, 3.63) is 30.1 Å². The highest BCUT2D eigenvalue weighted by Gasteiger charge is 2.26. The highest BCUT2D eigenvalue weighted by molar-refractivity contribution is 6.04. The number of nitrogens with one attached hydrogen (secondary N) is 1. The number of carbonyl (C=O) groups is 1. The van der Waals surface area contributed by atoms with Crippen LogP contribution in [0.4, 0.5) is 5.69 Å². The van der Waals surface area contributed by atoms with E-state index < -0.39 is 5.91 Å². The van der Waals surface area contributed by atoms with Crippen molar-refractivity contribution in [3.8, 4) is 0 Å². The number of hydrogen-bond acceptors (Lipinski definition) is 4. The molecule has 1 aliphatic rings. The molecule has 0 aliphatic carbocycles. The first-order chi connectivity index (χ1) is 10.1. The van der Waals surface area contributed by atoms with Gasteiger partial charge < -0.3 is 15.9 Å². The molecule has 1 aliphatic heterocycles. The zero-order valence-corrected chi connectivity index (χ0v) is 12.0. The number of anilines is 1. The minimum absolute atomic E-state index is 0.169. The zero-order valence-electron chi connectivity index (χ0n) is 12.0. The summed E-state index contributed by atoms with van der Waals surface area (Å²) in [5, 5.41) is 7.65. The van der Waals surface area contributed by atoms with Gasteiger partial charge in [-0.3, -0.25) is 4.79 Å². The standard InChI is InChI=1S/C14H18BN5O/c1-9-4-6-19(15)8-11(9)18-13-10(14(16)21)7-17-20-5-2-3-12(13)20/h2-3,5,7,9,11,18H,4,6,8H2,1H3,(H2,16,21). The minimum atomic E-state index is -0.484. The molecule has 7 heteroatoms. The summed E-state index contributed by atoms with van der Waals surface area (Å²) in [6.07, 6.45) is 4.36. The van der Waals surface area contributed by atoms with E-state index in [1.165, 1.54) is 6.20 Å². The van der Waals surface area contributed by atoms with E-state index in [9.17, 15) is 4.79 Å². The van der Waals surface area contributed by atoms with Gasteiger partial charge >= 0.3 is 0 Å². The highest BCUT2D eigenvalue weighted by atomic mass is 16.1. The van der Waals surface area contributed by atoms with Crippen LogP contribution in [-0.2, 0) is 0 Å². The molecular formula is C14H18BN5O. The molecule has 3 N–H and O–H groups in total. The Kier molecular flexibility index (Phi) is 3.59. The van der Waals surface area contributed by atoms with Crippen molar-refractivity contribution in [1.29, 1.82) is 0 Å². The van der Waals surface area contributed by atoms with Crippen LogP contribution in [0.25, 0.3) is 5.52 Å². The molecule has 0 spiro atoms. The fourth-order valence-electron chi connectivity index (χ4n) is 2.80. The molecule has 0 saturated carbocycles. The molecule has 21 heavy (non-hydrogen) atoms. The largest absolute Gasteiger partial charge is 0.378 e. The minimum Gasteiger partial charge on any atom is -0.378 e. The molecule has 1 amide bonds. The Balaban J connectivity index is 2.00. The van der Waals surface area contributed by atoms with Crippen molar-refractivity contribution in [1.82, 2.24) is 14.4 Å². The molecular weight excluding hydrogens is 265 g/mol. The van der Waals surface area contributed by atoms with Gasteiger partial charge in [-0.2, -0.15) is 5.10 Å². The molecule has 2 unspecified atom stereocenters. The Hall–Kier alpha value is -2.02. The molecule has 2 aromatic rings. The van der Waals surface area contributed by atoms with Gasteiger partial charge in [-0.25, -0.2) is 4.52 Å². The summed E-state index contributed by atoms with van der Waals surface area (Å²) >= 11 is 0. The number of piperidine rings is 1. The maximum atomic E-state index is 11.7. The Morgan fingerprint density at radius 1 is 1.57 bits per heavy atom. The second kappa shape index (κ2) is 5.40. The monoisotopic (exact) mass is 283 g/mol. The van der Waals surface area contributed by atoms with Gasteiger partial charge in [0.1, 0.15) is 0 Å². The SMILES string of the molecule is [B]N1CCC(C)C(Nc2c(C(N)=O)cnn3cccc23)C1. The Labute approximate surface area is 124 Å². The Morgan fingerprint density at radius 2 is 2.38 bits per heavy atom. The number of amides is 1. The van der Waals surface area contributed by atoms with Crippen molar-refractivity contribution in [3.63, 3.8) is 0 Å². The fourth-order valence-corrected chi connectivity index (χ4v) is 2.80. The zero-order chi connectivity index (χ0) is 15.0. The number of carbonyl (C=O) groups excluding carboxylic acids is 1. The van der Waals surface area contributed by atoms with E-state index in [-0.39, 0.29) is 6.04 Å². The van der Waals surface area contributed by atoms with Crippen molar-refractivity contribution >= 4 is 25.1 Å². The summed E-state index contributed by atoms with van der Waals surface area (Å²) in [7, 11) is 5.92. The molecule has 3 heterocycles. The average Bonchev–Trinajstić information content (AvgIpc) is 2.91. The van der Waals surface area contributed by atoms with Gasteiger partial charge in [0, 0.05) is 18.8 Å². The molecule has 108 valence electrons. The van der Waals surface area contributed by atoms with E-state index in [0.29, 0.717) is 11.5 Å². The van der Waals surface area contributed by atoms with Crippen LogP contribution in [-0.4, -0.2) is 47.4 Å². The van der Waals surface area contributed by atoms with Crippen molar-refractivity contribution < 1.29 is 4.79 Å². The van der Waals surface area contributed by atoms with E-state index in [0.717, 1.165) is 30.7 Å². The van der Waals surface area contributed by atoms with Gasteiger partial charge in [0.25, 0.3) is 5.91 Å². The lowest BCUT2D eigenvalue weighted by Gasteiger charge is -2.36. The summed E-state index contributed by atoms with van der Waals surface area (Å²) in [5.74, 6) is -0.0181. The molecule has 2 radical (unpaired) electrons. The summed E-state index contributed by atoms with van der Waals surface area (Å²) in [6.45, 7) is 3.80. The third-order valence-electron chi connectivity index (χ3n) is 4.15. The average molecular weight is 283 g/mol. The van der Waals surface area contributed by atoms with Crippen LogP contribution in [0, 0.1) is 5.92 Å². The first-order valence-electron chi connectivity index (χ1n) is 7.08. The number of rotatable bonds is 3. The van der Waals surface area contributed by atoms with Crippen molar-refractivity contribution in [2.75, 3.05) is 18.4 Å². The lowest BCUT2D eigenvalue weighted by molar-refractivity contribution is 0.100. The van der Waals surface area contributed by atoms with Crippen LogP contribution >= 0.6 is 0 Å². The normalized spacial score (nSPS) is 23.3. The van der Waals surface area contributed by atoms with Gasteiger partial charge in [-0.05, 0) is 31.0 Å². The lowest BCUT2D eigenvalue weighted by atomic mass is 9.91. The molecule has 2 atom stereocenters. The molecule has 0 bridgehead atoms. The number of nitrogens with two attached hydrogens (primary N) is 1. The van der Waals surface area contributed by atoms with E-state index in [1.807, 2.05) is 18.3 Å². The molecule has 0 aromatic carbocycles. The first kappa shape index (κ1) is 13.9. The van der Waals surface area contributed by atoms with Crippen molar-refractivity contribution in [2.45, 2.75) is 19.4 Å². The maximum Gasteiger partial charge on any atom is 0.252 e. The number of aromatic nitrogens is 2. The van der Waals surface area contributed by atoms with Crippen LogP contribution in [0.5, 0.6) is 0 Å². The Morgan fingerprint density at radius 3 is 3.14 bits per heavy atom. The third-order valence-corrected chi connectivity index (χ3v) is 4.15. The van der Waals surface area contributed by atoms with Crippen LogP contribution < -0.4 is 11.1 Å². The predicted octanol–water partition coefficient (Wildman–Crippen LogP) is 0.639. The van der Waals surface area contributed by atoms with Crippen LogP contribution in [0.1, 0.15) is 23.7 Å². The number of hydrogen-bond donors (Lipinski definition) is 2. The number of nitrogens with zero attached hydrogens (tertiary/aromatic N) is 3. The van der Waals surface area contributed by atoms with E-state index in [1.54, 1.807) is 9.33 Å². The van der Waals surface area contributed by atoms with E-state index in [4.69, 9.17) is 13.7 Å². The second-order valence-electron chi connectivity index (χ2n) is 5.65. The second-order valence-corrected chi connectivity index (χ2v) is 5.65. The van der Waals surface area contributed by atoms with Gasteiger partial charge in [0.2, 0.25) is 0 Å². The van der Waals surface area contributed by atoms with Gasteiger partial charge in [-0.15, -0.1) is 0 Å². The maximum absolute atomic E-state index is 11.7. The predicted molar refractivity (Wildman–Crippen MR) is 82.2 cm³/mol. The smallest absolute Gasteiger partial charge is 0.252 e. The fraction of sp³-hybridized carbons (Fsp3) is 0.429. The topological polar surface area (TPSA) is 75.7 Å². The van der Waals surface area contributed by atoms with E-state index >= 15 is 0 Å². The molecule has 1 saturated heterocycles. The number of fused-ring (bicyclic) bond motifs is 1.